The van der Waals surface area contributed by atoms with Crippen LogP contribution in [0.3, 0.4) is 0 Å². The van der Waals surface area contributed by atoms with E-state index in [0.29, 0.717) is 12.8 Å². The monoisotopic (exact) mass is 492 g/mol. The molecule has 0 radical (unpaired) electrons. The Bertz CT molecular complexity index is 896. The van der Waals surface area contributed by atoms with Gasteiger partial charge in [-0.2, -0.15) is 0 Å². The van der Waals surface area contributed by atoms with Crippen molar-refractivity contribution >= 4 is 12.7 Å². The van der Waals surface area contributed by atoms with Gasteiger partial charge >= 0.3 is 0 Å². The fraction of sp³-hybridized carbons (Fsp3) is 0.769. The van der Waals surface area contributed by atoms with Crippen LogP contribution < -0.4 is 5.30 Å². The van der Waals surface area contributed by atoms with E-state index < -0.39 is 43.5 Å². The van der Waals surface area contributed by atoms with Gasteiger partial charge in [0.05, 0.1) is 6.61 Å². The fourth-order valence-electron chi connectivity index (χ4n) is 6.36. The molecule has 2 saturated carbocycles. The van der Waals surface area contributed by atoms with E-state index in [0.717, 1.165) is 56.7 Å². The van der Waals surface area contributed by atoms with Crippen LogP contribution in [-0.2, 0) is 32.8 Å². The number of hydrogen-bond donors (Lipinski definition) is 0. The van der Waals surface area contributed by atoms with Gasteiger partial charge in [-0.25, -0.2) is 0 Å². The first kappa shape index (κ1) is 23.6. The van der Waals surface area contributed by atoms with Crippen molar-refractivity contribution in [3.05, 3.63) is 30.3 Å². The second kappa shape index (κ2) is 9.26. The van der Waals surface area contributed by atoms with E-state index in [9.17, 15) is 4.57 Å². The van der Waals surface area contributed by atoms with Gasteiger partial charge in [0.1, 0.15) is 24.4 Å². The first-order valence-electron chi connectivity index (χ1n) is 13.2. The summed E-state index contributed by atoms with van der Waals surface area (Å²) in [5, 5.41) is 0.721. The van der Waals surface area contributed by atoms with E-state index in [2.05, 4.69) is 0 Å². The van der Waals surface area contributed by atoms with E-state index in [-0.39, 0.29) is 6.10 Å². The van der Waals surface area contributed by atoms with E-state index in [1.165, 1.54) is 12.8 Å². The first-order valence-corrected chi connectivity index (χ1v) is 15.0. The lowest BCUT2D eigenvalue weighted by Crippen LogP contribution is -2.46. The van der Waals surface area contributed by atoms with Crippen LogP contribution in [0.4, 0.5) is 0 Å². The number of fused-ring (bicyclic) bond motifs is 1. The quantitative estimate of drug-likeness (QED) is 0.543. The van der Waals surface area contributed by atoms with Gasteiger partial charge in [-0.05, 0) is 37.8 Å². The molecule has 3 saturated heterocycles. The molecule has 3 aliphatic heterocycles. The molecule has 0 aromatic heterocycles. The van der Waals surface area contributed by atoms with Crippen LogP contribution in [0, 0.1) is 0 Å². The summed E-state index contributed by atoms with van der Waals surface area (Å²) in [5.41, 5.74) is 0. The summed E-state index contributed by atoms with van der Waals surface area (Å²) in [6, 6.07) is 9.49. The number of rotatable bonds is 5. The molecule has 6 atom stereocenters. The number of hydrogen-bond acceptors (Lipinski definition) is 7. The molecule has 1 aromatic rings. The average molecular weight is 493 g/mol. The second-order valence-electron chi connectivity index (χ2n) is 10.5. The number of benzene rings is 1. The maximum absolute atomic E-state index is 14.1. The molecule has 5 fully saturated rings. The largest absolute Gasteiger partial charge is 0.347 e. The van der Waals surface area contributed by atoms with Crippen LogP contribution in [0.1, 0.15) is 71.1 Å². The van der Waals surface area contributed by atoms with Crippen LogP contribution in [0.15, 0.2) is 30.3 Å². The summed E-state index contributed by atoms with van der Waals surface area (Å²) in [6.07, 6.45) is 8.43. The summed E-state index contributed by atoms with van der Waals surface area (Å²) in [6.45, 7) is 2.35. The topological polar surface area (TPSA) is 72.5 Å². The standard InChI is InChI=1S/C26H37O7P/c1-2-34(27,19-12-6-3-7-13-19)33-22-21(20-18-28-25(30-20)14-8-4-9-15-25)29-24-23(22)31-26(32-24)16-10-5-11-17-26/h3,6-7,12-13,20-24H,2,4-5,8-11,14-18H2,1H3/t20-,21-,22+,23-,24-,34?/m1/s1. The van der Waals surface area contributed by atoms with Gasteiger partial charge in [0, 0.05) is 37.1 Å². The molecule has 34 heavy (non-hydrogen) atoms. The van der Waals surface area contributed by atoms with E-state index >= 15 is 0 Å². The van der Waals surface area contributed by atoms with Crippen LogP contribution in [0.2, 0.25) is 0 Å². The minimum absolute atomic E-state index is 0.302. The second-order valence-corrected chi connectivity index (χ2v) is 13.2. The smallest absolute Gasteiger partial charge is 0.232 e. The molecular formula is C26H37O7P. The van der Waals surface area contributed by atoms with Crippen molar-refractivity contribution in [2.45, 2.75) is 113 Å². The van der Waals surface area contributed by atoms with E-state index in [1.807, 2.05) is 37.3 Å². The molecule has 1 unspecified atom stereocenters. The third-order valence-corrected chi connectivity index (χ3v) is 10.7. The predicted octanol–water partition coefficient (Wildman–Crippen LogP) is 4.87. The van der Waals surface area contributed by atoms with E-state index in [4.69, 9.17) is 28.2 Å². The number of ether oxygens (including phenoxy) is 5. The normalized spacial score (nSPS) is 38.2. The van der Waals surface area contributed by atoms with Crippen molar-refractivity contribution in [3.8, 4) is 0 Å². The zero-order valence-electron chi connectivity index (χ0n) is 20.1. The van der Waals surface area contributed by atoms with Crippen molar-refractivity contribution in [1.82, 2.24) is 0 Å². The summed E-state index contributed by atoms with van der Waals surface area (Å²) in [4.78, 5) is 0. The Morgan fingerprint density at radius 3 is 2.24 bits per heavy atom. The zero-order valence-corrected chi connectivity index (χ0v) is 21.0. The third kappa shape index (κ3) is 4.21. The molecular weight excluding hydrogens is 455 g/mol. The van der Waals surface area contributed by atoms with Crippen LogP contribution >= 0.6 is 7.37 Å². The fourth-order valence-corrected chi connectivity index (χ4v) is 8.26. The molecule has 8 heteroatoms. The Hall–Kier alpha value is -0.790. The Balaban J connectivity index is 1.27. The Morgan fingerprint density at radius 2 is 1.56 bits per heavy atom. The highest BCUT2D eigenvalue weighted by molar-refractivity contribution is 7.66. The molecule has 0 amide bonds. The maximum Gasteiger partial charge on any atom is 0.232 e. The highest BCUT2D eigenvalue weighted by atomic mass is 31.2. The van der Waals surface area contributed by atoms with E-state index in [1.54, 1.807) is 0 Å². The average Bonchev–Trinajstić information content (AvgIpc) is 3.52. The van der Waals surface area contributed by atoms with Crippen LogP contribution in [0.25, 0.3) is 0 Å². The molecule has 2 spiro atoms. The minimum Gasteiger partial charge on any atom is -0.347 e. The lowest BCUT2D eigenvalue weighted by atomic mass is 9.94. The third-order valence-electron chi connectivity index (χ3n) is 8.22. The maximum atomic E-state index is 14.1. The van der Waals surface area contributed by atoms with Crippen LogP contribution in [0.5, 0.6) is 0 Å². The summed E-state index contributed by atoms with van der Waals surface area (Å²) < 4.78 is 52.9. The Labute approximate surface area is 202 Å². The lowest BCUT2D eigenvalue weighted by molar-refractivity contribution is -0.258. The van der Waals surface area contributed by atoms with Gasteiger partial charge in [0.2, 0.25) is 7.37 Å². The molecule has 188 valence electrons. The predicted molar refractivity (Wildman–Crippen MR) is 126 cm³/mol. The molecule has 3 heterocycles. The zero-order chi connectivity index (χ0) is 23.2. The molecule has 0 bridgehead atoms. The molecule has 7 nitrogen and oxygen atoms in total. The lowest BCUT2D eigenvalue weighted by Gasteiger charge is -2.36. The minimum atomic E-state index is -3.13. The summed E-state index contributed by atoms with van der Waals surface area (Å²) >= 11 is 0. The van der Waals surface area contributed by atoms with Gasteiger partial charge in [-0.3, -0.25) is 4.57 Å². The van der Waals surface area contributed by atoms with Crippen molar-refractivity contribution in [3.63, 3.8) is 0 Å². The summed E-state index contributed by atoms with van der Waals surface area (Å²) in [7, 11) is -3.13. The summed E-state index contributed by atoms with van der Waals surface area (Å²) in [5.74, 6) is -1.13. The Kier molecular flexibility index (Phi) is 6.43. The molecule has 1 aromatic carbocycles. The first-order chi connectivity index (χ1) is 16.5. The van der Waals surface area contributed by atoms with Gasteiger partial charge < -0.3 is 28.2 Å². The molecule has 2 aliphatic carbocycles. The molecule has 5 aliphatic rings. The van der Waals surface area contributed by atoms with Gasteiger partial charge in [0.15, 0.2) is 17.9 Å². The van der Waals surface area contributed by atoms with Gasteiger partial charge in [-0.15, -0.1) is 0 Å². The van der Waals surface area contributed by atoms with Gasteiger partial charge in [-0.1, -0.05) is 38.0 Å². The highest BCUT2D eigenvalue weighted by Gasteiger charge is 2.62. The van der Waals surface area contributed by atoms with Crippen molar-refractivity contribution in [2.24, 2.45) is 0 Å². The Morgan fingerprint density at radius 1 is 0.882 bits per heavy atom. The van der Waals surface area contributed by atoms with Crippen molar-refractivity contribution in [1.29, 1.82) is 0 Å². The van der Waals surface area contributed by atoms with Gasteiger partial charge in [0.25, 0.3) is 0 Å². The van der Waals surface area contributed by atoms with Crippen molar-refractivity contribution in [2.75, 3.05) is 12.8 Å². The van der Waals surface area contributed by atoms with Crippen LogP contribution in [-0.4, -0.2) is 55.0 Å². The highest BCUT2D eigenvalue weighted by Crippen LogP contribution is 2.54. The van der Waals surface area contributed by atoms with Crippen molar-refractivity contribution < 1.29 is 32.8 Å². The molecule has 6 rings (SSSR count). The SMILES string of the molecule is CCP(=O)(O[C@@H]1[C@H]2OC3(CCCCC3)O[C@H]2O[C@@H]1[C@H]1COC2(CCCCC2)O1)c1ccccc1. The molecule has 0 N–H and O–H groups in total.